The van der Waals surface area contributed by atoms with Crippen LogP contribution in [0.4, 0.5) is 0 Å². The zero-order valence-electron chi connectivity index (χ0n) is 10.1. The summed E-state index contributed by atoms with van der Waals surface area (Å²) in [6, 6.07) is 0. The van der Waals surface area contributed by atoms with E-state index in [1.807, 2.05) is 6.92 Å². The molecule has 2 atom stereocenters. The molecule has 0 amide bonds. The van der Waals surface area contributed by atoms with Crippen molar-refractivity contribution in [3.63, 3.8) is 0 Å². The van der Waals surface area contributed by atoms with Crippen molar-refractivity contribution in [1.82, 2.24) is 25.4 Å². The summed E-state index contributed by atoms with van der Waals surface area (Å²) in [6.07, 6.45) is 0. The van der Waals surface area contributed by atoms with Gasteiger partial charge in [-0.1, -0.05) is 0 Å². The van der Waals surface area contributed by atoms with Crippen molar-refractivity contribution in [3.05, 3.63) is 11.6 Å². The van der Waals surface area contributed by atoms with Crippen molar-refractivity contribution in [2.75, 3.05) is 32.8 Å². The van der Waals surface area contributed by atoms with Crippen molar-refractivity contribution in [2.45, 2.75) is 13.5 Å². The number of nitrogens with one attached hydrogen (secondary N) is 2. The second-order valence-electron chi connectivity index (χ2n) is 5.35. The average molecular weight is 237 g/mol. The Kier molecular flexibility index (Phi) is 2.65. The lowest BCUT2D eigenvalue weighted by Gasteiger charge is -2.24. The number of aromatic amines is 1. The third-order valence-electron chi connectivity index (χ3n) is 4.07. The van der Waals surface area contributed by atoms with Gasteiger partial charge in [-0.3, -0.25) is 10.00 Å². The van der Waals surface area contributed by atoms with Gasteiger partial charge in [0, 0.05) is 25.0 Å². The molecule has 0 spiro atoms. The van der Waals surface area contributed by atoms with Crippen LogP contribution in [-0.4, -0.2) is 58.0 Å². The second kappa shape index (κ2) is 4.04. The molecule has 3 rings (SSSR count). The SMILES string of the molecule is Cc1nc(CN2CC3CNCC3(CO)C2)n[nH]1. The molecule has 1 aromatic rings. The highest BCUT2D eigenvalue weighted by molar-refractivity contribution is 5.03. The predicted octanol–water partition coefficient (Wildman–Crippen LogP) is -0.873. The molecule has 0 saturated carbocycles. The maximum absolute atomic E-state index is 9.61. The maximum atomic E-state index is 9.61. The van der Waals surface area contributed by atoms with E-state index in [1.165, 1.54) is 0 Å². The van der Waals surface area contributed by atoms with Gasteiger partial charge in [-0.25, -0.2) is 4.98 Å². The summed E-state index contributed by atoms with van der Waals surface area (Å²) in [5, 5.41) is 20.0. The molecule has 2 aliphatic rings. The molecule has 3 N–H and O–H groups in total. The fourth-order valence-electron chi connectivity index (χ4n) is 3.14. The van der Waals surface area contributed by atoms with Gasteiger partial charge >= 0.3 is 0 Å². The summed E-state index contributed by atoms with van der Waals surface area (Å²) >= 11 is 0. The Morgan fingerprint density at radius 3 is 3.12 bits per heavy atom. The highest BCUT2D eigenvalue weighted by Gasteiger charge is 2.49. The van der Waals surface area contributed by atoms with Crippen molar-refractivity contribution in [2.24, 2.45) is 11.3 Å². The molecular formula is C11H19N5O. The van der Waals surface area contributed by atoms with Gasteiger partial charge in [-0.05, 0) is 19.4 Å². The minimum atomic E-state index is 0.0609. The predicted molar refractivity (Wildman–Crippen MR) is 62.3 cm³/mol. The minimum Gasteiger partial charge on any atom is -0.396 e. The van der Waals surface area contributed by atoms with Crippen LogP contribution >= 0.6 is 0 Å². The summed E-state index contributed by atoms with van der Waals surface area (Å²) in [6.45, 7) is 6.88. The van der Waals surface area contributed by atoms with E-state index in [1.54, 1.807) is 0 Å². The van der Waals surface area contributed by atoms with E-state index in [4.69, 9.17) is 0 Å². The van der Waals surface area contributed by atoms with Crippen LogP contribution in [0, 0.1) is 18.3 Å². The molecule has 0 aliphatic carbocycles. The molecular weight excluding hydrogens is 218 g/mol. The van der Waals surface area contributed by atoms with Gasteiger partial charge in [0.2, 0.25) is 0 Å². The van der Waals surface area contributed by atoms with Gasteiger partial charge in [-0.15, -0.1) is 0 Å². The first-order valence-electron chi connectivity index (χ1n) is 6.14. The van der Waals surface area contributed by atoms with Gasteiger partial charge in [0.25, 0.3) is 0 Å². The van der Waals surface area contributed by atoms with Crippen LogP contribution in [0.3, 0.4) is 0 Å². The van der Waals surface area contributed by atoms with Crippen LogP contribution in [0.5, 0.6) is 0 Å². The van der Waals surface area contributed by atoms with Crippen molar-refractivity contribution < 1.29 is 5.11 Å². The molecule has 2 unspecified atom stereocenters. The lowest BCUT2D eigenvalue weighted by atomic mass is 9.82. The number of H-pyrrole nitrogens is 1. The Balaban J connectivity index is 1.68. The van der Waals surface area contributed by atoms with Gasteiger partial charge in [0.15, 0.2) is 5.82 Å². The molecule has 2 saturated heterocycles. The van der Waals surface area contributed by atoms with Crippen LogP contribution in [0.15, 0.2) is 0 Å². The Morgan fingerprint density at radius 1 is 1.59 bits per heavy atom. The average Bonchev–Trinajstić information content (AvgIpc) is 2.93. The Labute approximate surface area is 100 Å². The van der Waals surface area contributed by atoms with E-state index < -0.39 is 0 Å². The molecule has 3 heterocycles. The minimum absolute atomic E-state index is 0.0609. The molecule has 0 aromatic carbocycles. The number of aromatic nitrogens is 3. The summed E-state index contributed by atoms with van der Waals surface area (Å²) < 4.78 is 0. The topological polar surface area (TPSA) is 77.1 Å². The molecule has 2 fully saturated rings. The molecule has 1 aromatic heterocycles. The molecule has 17 heavy (non-hydrogen) atoms. The number of nitrogens with zero attached hydrogens (tertiary/aromatic N) is 3. The van der Waals surface area contributed by atoms with E-state index in [0.717, 1.165) is 44.4 Å². The van der Waals surface area contributed by atoms with Crippen molar-refractivity contribution >= 4 is 0 Å². The van der Waals surface area contributed by atoms with Crippen molar-refractivity contribution in [3.8, 4) is 0 Å². The summed E-state index contributed by atoms with van der Waals surface area (Å²) in [5.74, 6) is 2.27. The number of likely N-dealkylation sites (tertiary alicyclic amines) is 1. The lowest BCUT2D eigenvalue weighted by Crippen LogP contribution is -2.35. The van der Waals surface area contributed by atoms with Gasteiger partial charge in [0.05, 0.1) is 13.2 Å². The van der Waals surface area contributed by atoms with E-state index in [2.05, 4.69) is 25.4 Å². The molecule has 0 radical (unpaired) electrons. The number of aliphatic hydroxyl groups excluding tert-OH is 1. The van der Waals surface area contributed by atoms with Crippen LogP contribution < -0.4 is 5.32 Å². The van der Waals surface area contributed by atoms with Crippen LogP contribution in [0.1, 0.15) is 11.6 Å². The van der Waals surface area contributed by atoms with Gasteiger partial charge < -0.3 is 10.4 Å². The number of aliphatic hydroxyl groups is 1. The molecule has 2 aliphatic heterocycles. The molecule has 6 nitrogen and oxygen atoms in total. The first-order valence-corrected chi connectivity index (χ1v) is 6.14. The maximum Gasteiger partial charge on any atom is 0.164 e. The normalized spacial score (nSPS) is 33.2. The summed E-state index contributed by atoms with van der Waals surface area (Å²) in [7, 11) is 0. The fraction of sp³-hybridized carbons (Fsp3) is 0.818. The third kappa shape index (κ3) is 1.86. The van der Waals surface area contributed by atoms with Crippen LogP contribution in [-0.2, 0) is 6.54 Å². The molecule has 6 heteroatoms. The van der Waals surface area contributed by atoms with Gasteiger partial charge in [0.1, 0.15) is 5.82 Å². The zero-order chi connectivity index (χ0) is 11.9. The Hall–Kier alpha value is -0.980. The van der Waals surface area contributed by atoms with Gasteiger partial charge in [-0.2, -0.15) is 5.10 Å². The monoisotopic (exact) mass is 237 g/mol. The highest BCUT2D eigenvalue weighted by Crippen LogP contribution is 2.38. The Bertz CT molecular complexity index is 406. The fourth-order valence-corrected chi connectivity index (χ4v) is 3.14. The standard InChI is InChI=1S/C11H19N5O/c1-8-13-10(15-14-8)4-16-3-9-2-12-5-11(9,6-16)7-17/h9,12,17H,2-7H2,1H3,(H,13,14,15). The zero-order valence-corrected chi connectivity index (χ0v) is 10.1. The van der Waals surface area contributed by atoms with Crippen LogP contribution in [0.2, 0.25) is 0 Å². The first kappa shape index (κ1) is 11.1. The van der Waals surface area contributed by atoms with E-state index >= 15 is 0 Å². The third-order valence-corrected chi connectivity index (χ3v) is 4.07. The first-order chi connectivity index (χ1) is 8.22. The largest absolute Gasteiger partial charge is 0.396 e. The van der Waals surface area contributed by atoms with E-state index in [9.17, 15) is 5.11 Å². The van der Waals surface area contributed by atoms with E-state index in [-0.39, 0.29) is 12.0 Å². The van der Waals surface area contributed by atoms with E-state index in [0.29, 0.717) is 5.92 Å². The smallest absolute Gasteiger partial charge is 0.164 e. The number of hydrogen-bond donors (Lipinski definition) is 3. The number of aryl methyl sites for hydroxylation is 1. The number of hydrogen-bond acceptors (Lipinski definition) is 5. The highest BCUT2D eigenvalue weighted by atomic mass is 16.3. The van der Waals surface area contributed by atoms with Crippen molar-refractivity contribution in [1.29, 1.82) is 0 Å². The quantitative estimate of drug-likeness (QED) is 0.637. The summed E-state index contributed by atoms with van der Waals surface area (Å²) in [4.78, 5) is 6.68. The Morgan fingerprint density at radius 2 is 2.47 bits per heavy atom. The van der Waals surface area contributed by atoms with Crippen LogP contribution in [0.25, 0.3) is 0 Å². The molecule has 94 valence electrons. The molecule has 0 bridgehead atoms. The summed E-state index contributed by atoms with van der Waals surface area (Å²) in [5.41, 5.74) is 0.0609. The number of fused-ring (bicyclic) bond motifs is 1. The lowest BCUT2D eigenvalue weighted by molar-refractivity contribution is 0.123. The second-order valence-corrected chi connectivity index (χ2v) is 5.35. The number of rotatable bonds is 3.